The Hall–Kier alpha value is -1.77. The predicted octanol–water partition coefficient (Wildman–Crippen LogP) is 2.33. The van der Waals surface area contributed by atoms with Crippen LogP contribution in [0.25, 0.3) is 0 Å². The van der Waals surface area contributed by atoms with Crippen molar-refractivity contribution in [3.8, 4) is 0 Å². The van der Waals surface area contributed by atoms with Crippen molar-refractivity contribution in [1.29, 1.82) is 0 Å². The minimum Gasteiger partial charge on any atom is -0.378 e. The van der Waals surface area contributed by atoms with Crippen molar-refractivity contribution in [2.24, 2.45) is 0 Å². The van der Waals surface area contributed by atoms with Gasteiger partial charge in [0.05, 0.1) is 18.4 Å². The van der Waals surface area contributed by atoms with Crippen molar-refractivity contribution >= 4 is 5.69 Å². The van der Waals surface area contributed by atoms with Gasteiger partial charge >= 0.3 is 0 Å². The smallest absolute Gasteiger partial charge is 0.0559 e. The van der Waals surface area contributed by atoms with E-state index in [4.69, 9.17) is 0 Å². The van der Waals surface area contributed by atoms with Crippen LogP contribution in [-0.4, -0.2) is 9.97 Å². The summed E-state index contributed by atoms with van der Waals surface area (Å²) in [5.41, 5.74) is 3.47. The molecule has 0 saturated carbocycles. The standard InChI is InChI=1S/C11H13N3/c1-9-4-6-12-8-11(9)14-7-10-3-2-5-13-10/h2-6,8,13-14H,7H2,1H3. The van der Waals surface area contributed by atoms with E-state index >= 15 is 0 Å². The normalized spacial score (nSPS) is 10.1. The Bertz CT molecular complexity index is 393. The lowest BCUT2D eigenvalue weighted by atomic mass is 10.2. The van der Waals surface area contributed by atoms with Gasteiger partial charge in [-0.3, -0.25) is 4.98 Å². The van der Waals surface area contributed by atoms with Crippen LogP contribution in [0.5, 0.6) is 0 Å². The Labute approximate surface area is 83.2 Å². The summed E-state index contributed by atoms with van der Waals surface area (Å²) < 4.78 is 0. The average molecular weight is 187 g/mol. The molecule has 0 aliphatic carbocycles. The van der Waals surface area contributed by atoms with Gasteiger partial charge in [0.2, 0.25) is 0 Å². The number of hydrogen-bond donors (Lipinski definition) is 2. The van der Waals surface area contributed by atoms with Gasteiger partial charge in [0.25, 0.3) is 0 Å². The summed E-state index contributed by atoms with van der Waals surface area (Å²) in [4.78, 5) is 7.22. The third kappa shape index (κ3) is 1.93. The van der Waals surface area contributed by atoms with Gasteiger partial charge in [-0.25, -0.2) is 0 Å². The second-order valence-electron chi connectivity index (χ2n) is 3.24. The number of anilines is 1. The lowest BCUT2D eigenvalue weighted by molar-refractivity contribution is 1.06. The van der Waals surface area contributed by atoms with E-state index in [1.165, 1.54) is 11.3 Å². The molecule has 14 heavy (non-hydrogen) atoms. The largest absolute Gasteiger partial charge is 0.378 e. The fourth-order valence-electron chi connectivity index (χ4n) is 1.32. The van der Waals surface area contributed by atoms with Gasteiger partial charge in [0, 0.05) is 18.1 Å². The summed E-state index contributed by atoms with van der Waals surface area (Å²) in [7, 11) is 0. The maximum Gasteiger partial charge on any atom is 0.0559 e. The molecule has 2 aromatic heterocycles. The number of aromatic nitrogens is 2. The molecule has 2 N–H and O–H groups in total. The van der Waals surface area contributed by atoms with Gasteiger partial charge in [-0.1, -0.05) is 0 Å². The monoisotopic (exact) mass is 187 g/mol. The zero-order valence-electron chi connectivity index (χ0n) is 8.12. The van der Waals surface area contributed by atoms with Crippen LogP contribution in [0.4, 0.5) is 5.69 Å². The number of nitrogens with zero attached hydrogens (tertiary/aromatic N) is 1. The maximum absolute atomic E-state index is 4.07. The molecular weight excluding hydrogens is 174 g/mol. The van der Waals surface area contributed by atoms with Crippen LogP contribution in [0.3, 0.4) is 0 Å². The Morgan fingerprint density at radius 1 is 1.43 bits per heavy atom. The zero-order valence-corrected chi connectivity index (χ0v) is 8.12. The minimum absolute atomic E-state index is 0.805. The van der Waals surface area contributed by atoms with Crippen molar-refractivity contribution in [3.63, 3.8) is 0 Å². The summed E-state index contributed by atoms with van der Waals surface area (Å²) in [5.74, 6) is 0. The number of aryl methyl sites for hydroxylation is 1. The predicted molar refractivity (Wildman–Crippen MR) is 57.1 cm³/mol. The van der Waals surface area contributed by atoms with E-state index in [0.29, 0.717) is 0 Å². The van der Waals surface area contributed by atoms with Crippen LogP contribution < -0.4 is 5.32 Å². The van der Waals surface area contributed by atoms with E-state index in [1.807, 2.05) is 24.5 Å². The van der Waals surface area contributed by atoms with Crippen molar-refractivity contribution < 1.29 is 0 Å². The summed E-state index contributed by atoms with van der Waals surface area (Å²) in [6, 6.07) is 6.04. The Kier molecular flexibility index (Phi) is 2.49. The van der Waals surface area contributed by atoms with Crippen LogP contribution in [0, 0.1) is 6.92 Å². The molecule has 0 saturated heterocycles. The van der Waals surface area contributed by atoms with Gasteiger partial charge in [-0.15, -0.1) is 0 Å². The fourth-order valence-corrected chi connectivity index (χ4v) is 1.32. The maximum atomic E-state index is 4.07. The fraction of sp³-hybridized carbons (Fsp3) is 0.182. The molecule has 3 heteroatoms. The van der Waals surface area contributed by atoms with Gasteiger partial charge in [0.1, 0.15) is 0 Å². The van der Waals surface area contributed by atoms with E-state index in [-0.39, 0.29) is 0 Å². The number of H-pyrrole nitrogens is 1. The Morgan fingerprint density at radius 2 is 2.36 bits per heavy atom. The quantitative estimate of drug-likeness (QED) is 0.774. The third-order valence-corrected chi connectivity index (χ3v) is 2.17. The molecule has 0 aromatic carbocycles. The van der Waals surface area contributed by atoms with E-state index in [1.54, 1.807) is 6.20 Å². The lowest BCUT2D eigenvalue weighted by Gasteiger charge is -2.06. The molecule has 2 heterocycles. The van der Waals surface area contributed by atoms with Crippen molar-refractivity contribution in [1.82, 2.24) is 9.97 Å². The Morgan fingerprint density at radius 3 is 3.07 bits per heavy atom. The van der Waals surface area contributed by atoms with Crippen LogP contribution in [0.2, 0.25) is 0 Å². The molecule has 0 amide bonds. The zero-order chi connectivity index (χ0) is 9.80. The van der Waals surface area contributed by atoms with Crippen molar-refractivity contribution in [2.75, 3.05) is 5.32 Å². The first-order valence-electron chi connectivity index (χ1n) is 4.63. The van der Waals surface area contributed by atoms with Gasteiger partial charge in [-0.05, 0) is 30.7 Å². The number of aromatic amines is 1. The highest BCUT2D eigenvalue weighted by atomic mass is 14.9. The lowest BCUT2D eigenvalue weighted by Crippen LogP contribution is -2.01. The van der Waals surface area contributed by atoms with Crippen LogP contribution in [-0.2, 0) is 6.54 Å². The molecule has 2 rings (SSSR count). The second kappa shape index (κ2) is 3.96. The van der Waals surface area contributed by atoms with Gasteiger partial charge in [0.15, 0.2) is 0 Å². The highest BCUT2D eigenvalue weighted by Crippen LogP contribution is 2.12. The summed E-state index contributed by atoms with van der Waals surface area (Å²) in [6.45, 7) is 2.87. The van der Waals surface area contributed by atoms with Crippen LogP contribution in [0.1, 0.15) is 11.3 Å². The van der Waals surface area contributed by atoms with Gasteiger partial charge in [-0.2, -0.15) is 0 Å². The molecular formula is C11H13N3. The van der Waals surface area contributed by atoms with Crippen LogP contribution in [0.15, 0.2) is 36.8 Å². The third-order valence-electron chi connectivity index (χ3n) is 2.17. The second-order valence-corrected chi connectivity index (χ2v) is 3.24. The van der Waals surface area contributed by atoms with Crippen molar-refractivity contribution in [2.45, 2.75) is 13.5 Å². The van der Waals surface area contributed by atoms with Crippen molar-refractivity contribution in [3.05, 3.63) is 48.0 Å². The molecule has 0 radical (unpaired) electrons. The number of pyridine rings is 1. The number of nitrogens with one attached hydrogen (secondary N) is 2. The Balaban J connectivity index is 2.02. The van der Waals surface area contributed by atoms with E-state index < -0.39 is 0 Å². The molecule has 0 spiro atoms. The molecule has 0 unspecified atom stereocenters. The summed E-state index contributed by atoms with van der Waals surface area (Å²) in [5, 5.41) is 3.32. The van der Waals surface area contributed by atoms with Crippen LogP contribution >= 0.6 is 0 Å². The molecule has 2 aromatic rings. The summed E-state index contributed by atoms with van der Waals surface area (Å²) >= 11 is 0. The number of hydrogen-bond acceptors (Lipinski definition) is 2. The minimum atomic E-state index is 0.805. The van der Waals surface area contributed by atoms with E-state index in [9.17, 15) is 0 Å². The first kappa shape index (κ1) is 8.81. The molecule has 0 atom stereocenters. The van der Waals surface area contributed by atoms with E-state index in [2.05, 4.69) is 28.3 Å². The van der Waals surface area contributed by atoms with Gasteiger partial charge < -0.3 is 10.3 Å². The molecule has 72 valence electrons. The SMILES string of the molecule is Cc1ccncc1NCc1ccc[nH]1. The molecule has 0 bridgehead atoms. The molecule has 0 aliphatic rings. The number of rotatable bonds is 3. The molecule has 0 aliphatic heterocycles. The highest BCUT2D eigenvalue weighted by Gasteiger charge is 1.96. The average Bonchev–Trinajstić information content (AvgIpc) is 2.69. The highest BCUT2D eigenvalue weighted by molar-refractivity contribution is 5.47. The van der Waals surface area contributed by atoms with E-state index in [0.717, 1.165) is 12.2 Å². The topological polar surface area (TPSA) is 40.7 Å². The first-order chi connectivity index (χ1) is 6.86. The first-order valence-corrected chi connectivity index (χ1v) is 4.63. The molecule has 0 fully saturated rings. The molecule has 3 nitrogen and oxygen atoms in total. The summed E-state index contributed by atoms with van der Waals surface area (Å²) in [6.07, 6.45) is 5.57.